The number of hydrogen-bond acceptors (Lipinski definition) is 7. The highest BCUT2D eigenvalue weighted by molar-refractivity contribution is 8.26. The molecule has 0 atom stereocenters. The molecule has 0 saturated carbocycles. The van der Waals surface area contributed by atoms with Crippen LogP contribution in [-0.4, -0.2) is 50.7 Å². The summed E-state index contributed by atoms with van der Waals surface area (Å²) in [7, 11) is 0. The lowest BCUT2D eigenvalue weighted by molar-refractivity contribution is -0.122. The van der Waals surface area contributed by atoms with Crippen molar-refractivity contribution in [2.24, 2.45) is 0 Å². The first-order chi connectivity index (χ1) is 19.8. The fraction of sp³-hybridized carbons (Fsp3) is 0.226. The number of halogens is 1. The maximum Gasteiger partial charge on any atom is 0.267 e. The summed E-state index contributed by atoms with van der Waals surface area (Å²) in [5, 5.41) is 0. The van der Waals surface area contributed by atoms with E-state index in [4.69, 9.17) is 17.2 Å². The van der Waals surface area contributed by atoms with E-state index < -0.39 is 0 Å². The highest BCUT2D eigenvalue weighted by Crippen LogP contribution is 2.35. The van der Waals surface area contributed by atoms with E-state index in [1.165, 1.54) is 22.2 Å². The molecule has 0 aliphatic carbocycles. The monoisotopic (exact) mass is 585 g/mol. The van der Waals surface area contributed by atoms with Crippen LogP contribution in [0.5, 0.6) is 0 Å². The third-order valence-corrected chi connectivity index (χ3v) is 8.82. The number of carbonyl (C=O) groups excluding carboxylic acids is 1. The fourth-order valence-electron chi connectivity index (χ4n) is 5.18. The van der Waals surface area contributed by atoms with Crippen LogP contribution in [0.25, 0.3) is 11.7 Å². The number of para-hydroxylation sites is 1. The average Bonchev–Trinajstić information content (AvgIpc) is 3.23. The fourth-order valence-corrected chi connectivity index (χ4v) is 6.42. The van der Waals surface area contributed by atoms with Gasteiger partial charge in [0.15, 0.2) is 0 Å². The van der Waals surface area contributed by atoms with Gasteiger partial charge in [-0.2, -0.15) is 0 Å². The quantitative estimate of drug-likeness (QED) is 0.236. The lowest BCUT2D eigenvalue weighted by Gasteiger charge is -2.37. The van der Waals surface area contributed by atoms with Gasteiger partial charge >= 0.3 is 0 Å². The Morgan fingerprint density at radius 2 is 1.66 bits per heavy atom. The van der Waals surface area contributed by atoms with E-state index in [0.29, 0.717) is 64.7 Å². The van der Waals surface area contributed by atoms with Crippen LogP contribution in [0.4, 0.5) is 15.9 Å². The topological polar surface area (TPSA) is 61.2 Å². The second-order valence-corrected chi connectivity index (χ2v) is 11.9. The van der Waals surface area contributed by atoms with Crippen LogP contribution in [0, 0.1) is 19.7 Å². The smallest absolute Gasteiger partial charge is 0.267 e. The van der Waals surface area contributed by atoms with Crippen LogP contribution in [0.1, 0.15) is 22.3 Å². The van der Waals surface area contributed by atoms with Crippen LogP contribution in [0.15, 0.2) is 76.6 Å². The molecule has 0 N–H and O–H groups in total. The molecule has 2 saturated heterocycles. The highest BCUT2D eigenvalue weighted by atomic mass is 32.2. The van der Waals surface area contributed by atoms with E-state index in [0.717, 1.165) is 16.7 Å². The van der Waals surface area contributed by atoms with Gasteiger partial charge in [0.2, 0.25) is 0 Å². The predicted molar refractivity (Wildman–Crippen MR) is 167 cm³/mol. The Morgan fingerprint density at radius 3 is 2.39 bits per heavy atom. The first-order valence-electron chi connectivity index (χ1n) is 13.4. The number of thioether (sulfide) groups is 1. The molecule has 208 valence electrons. The van der Waals surface area contributed by atoms with E-state index in [1.54, 1.807) is 29.3 Å². The minimum Gasteiger partial charge on any atom is -0.366 e. The molecule has 1 amide bonds. The minimum atomic E-state index is -0.257. The number of hydrogen-bond donors (Lipinski definition) is 0. The predicted octanol–water partition coefficient (Wildman–Crippen LogP) is 5.18. The van der Waals surface area contributed by atoms with E-state index in [1.807, 2.05) is 66.1 Å². The number of carbonyl (C=O) groups is 1. The summed E-state index contributed by atoms with van der Waals surface area (Å²) in [6.45, 7) is 6.50. The summed E-state index contributed by atoms with van der Waals surface area (Å²) in [6, 6.07) is 18.4. The minimum absolute atomic E-state index is 0.232. The molecule has 10 heteroatoms. The number of pyridine rings is 1. The summed E-state index contributed by atoms with van der Waals surface area (Å²) in [5.41, 5.74) is 4.19. The lowest BCUT2D eigenvalue weighted by atomic mass is 10.1. The molecule has 7 nitrogen and oxygen atoms in total. The van der Waals surface area contributed by atoms with Crippen LogP contribution < -0.4 is 15.4 Å². The number of amides is 1. The summed E-state index contributed by atoms with van der Waals surface area (Å²) in [6.07, 6.45) is 3.33. The van der Waals surface area contributed by atoms with Crippen molar-refractivity contribution in [2.45, 2.75) is 20.4 Å². The third kappa shape index (κ3) is 5.25. The van der Waals surface area contributed by atoms with Gasteiger partial charge in [0.25, 0.3) is 11.5 Å². The van der Waals surface area contributed by atoms with Crippen molar-refractivity contribution < 1.29 is 9.18 Å². The lowest BCUT2D eigenvalue weighted by Crippen LogP contribution is -2.47. The number of aryl methyl sites for hydroxylation is 2. The van der Waals surface area contributed by atoms with Crippen molar-refractivity contribution in [1.29, 1.82) is 0 Å². The summed E-state index contributed by atoms with van der Waals surface area (Å²) >= 11 is 6.77. The Balaban J connectivity index is 1.35. The van der Waals surface area contributed by atoms with E-state index in [2.05, 4.69) is 0 Å². The Kier molecular flexibility index (Phi) is 7.35. The Bertz CT molecular complexity index is 1760. The van der Waals surface area contributed by atoms with Gasteiger partial charge in [0.05, 0.1) is 22.7 Å². The molecule has 4 heterocycles. The number of rotatable bonds is 5. The molecule has 41 heavy (non-hydrogen) atoms. The zero-order chi connectivity index (χ0) is 28.7. The van der Waals surface area contributed by atoms with E-state index in [-0.39, 0.29) is 17.3 Å². The van der Waals surface area contributed by atoms with Crippen LogP contribution in [0.2, 0.25) is 0 Å². The number of aromatic nitrogens is 2. The number of nitrogens with zero attached hydrogens (tertiary/aromatic N) is 5. The van der Waals surface area contributed by atoms with Gasteiger partial charge in [-0.25, -0.2) is 9.37 Å². The van der Waals surface area contributed by atoms with Crippen molar-refractivity contribution in [3.63, 3.8) is 0 Å². The molecule has 2 aliphatic rings. The van der Waals surface area contributed by atoms with Crippen LogP contribution in [0.3, 0.4) is 0 Å². The standard InChI is InChI=1S/C31H28FN5O2S2/c1-20-9-11-22(12-10-20)19-37-30(39)26(41-31(37)40)18-23-28(33-27-21(2)6-5-13-36(27)29(23)38)35-16-14-34(15-17-35)25-8-4-3-7-24(25)32/h3-13,18H,14-17,19H2,1-2H3/b26-18+. The third-order valence-electron chi connectivity index (χ3n) is 7.45. The van der Waals surface area contributed by atoms with Crippen LogP contribution >= 0.6 is 24.0 Å². The first kappa shape index (κ1) is 27.2. The van der Waals surface area contributed by atoms with Crippen molar-refractivity contribution in [2.75, 3.05) is 36.0 Å². The maximum atomic E-state index is 14.4. The molecule has 0 bridgehead atoms. The zero-order valence-corrected chi connectivity index (χ0v) is 24.3. The van der Waals surface area contributed by atoms with Crippen molar-refractivity contribution in [3.05, 3.63) is 110 Å². The van der Waals surface area contributed by atoms with Crippen molar-refractivity contribution in [1.82, 2.24) is 14.3 Å². The normalized spacial score (nSPS) is 16.9. The van der Waals surface area contributed by atoms with Gasteiger partial charge in [0, 0.05) is 32.4 Å². The van der Waals surface area contributed by atoms with Gasteiger partial charge in [-0.05, 0) is 49.2 Å². The molecule has 4 aromatic rings. The Hall–Kier alpha value is -4.02. The summed E-state index contributed by atoms with van der Waals surface area (Å²) < 4.78 is 16.4. The number of thiocarbonyl (C=S) groups is 1. The largest absolute Gasteiger partial charge is 0.366 e. The summed E-state index contributed by atoms with van der Waals surface area (Å²) in [4.78, 5) is 38.3. The van der Waals surface area contributed by atoms with Crippen LogP contribution in [-0.2, 0) is 11.3 Å². The Labute approximate surface area is 246 Å². The van der Waals surface area contributed by atoms with Crippen molar-refractivity contribution in [3.8, 4) is 0 Å². The van der Waals surface area contributed by atoms with Gasteiger partial charge in [-0.3, -0.25) is 18.9 Å². The van der Waals surface area contributed by atoms with Crippen molar-refractivity contribution >= 4 is 57.4 Å². The number of benzene rings is 2. The Morgan fingerprint density at radius 1 is 0.951 bits per heavy atom. The second kappa shape index (κ2) is 11.1. The molecule has 2 aromatic carbocycles. The molecule has 2 fully saturated rings. The highest BCUT2D eigenvalue weighted by Gasteiger charge is 2.33. The first-order valence-corrected chi connectivity index (χ1v) is 14.6. The van der Waals surface area contributed by atoms with Gasteiger partial charge in [-0.1, -0.05) is 72.0 Å². The second-order valence-electron chi connectivity index (χ2n) is 10.2. The molecule has 0 unspecified atom stereocenters. The molecule has 2 aromatic heterocycles. The average molecular weight is 586 g/mol. The van der Waals surface area contributed by atoms with E-state index in [9.17, 15) is 14.0 Å². The van der Waals surface area contributed by atoms with Gasteiger partial charge in [0.1, 0.15) is 21.6 Å². The molecular weight excluding hydrogens is 558 g/mol. The maximum absolute atomic E-state index is 14.4. The number of piperazine rings is 1. The number of fused-ring (bicyclic) bond motifs is 1. The van der Waals surface area contributed by atoms with Gasteiger partial charge < -0.3 is 9.80 Å². The number of anilines is 2. The van der Waals surface area contributed by atoms with E-state index >= 15 is 0 Å². The molecule has 2 aliphatic heterocycles. The van der Waals surface area contributed by atoms with Gasteiger partial charge in [-0.15, -0.1) is 0 Å². The molecule has 0 spiro atoms. The summed E-state index contributed by atoms with van der Waals surface area (Å²) in [5.74, 6) is 0.0259. The molecule has 0 radical (unpaired) electrons. The SMILES string of the molecule is Cc1ccc(CN2C(=O)/C(=C\c3c(N4CCN(c5ccccc5F)CC4)nc4c(C)cccn4c3=O)SC2=S)cc1. The zero-order valence-electron chi connectivity index (χ0n) is 22.7. The molecular formula is C31H28FN5O2S2. The molecule has 6 rings (SSSR count).